The zero-order valence-corrected chi connectivity index (χ0v) is 11.8. The quantitative estimate of drug-likeness (QED) is 0.880. The first-order valence-corrected chi connectivity index (χ1v) is 7.18. The van der Waals surface area contributed by atoms with Gasteiger partial charge < -0.3 is 5.11 Å². The van der Waals surface area contributed by atoms with E-state index in [0.717, 1.165) is 32.5 Å². The molecule has 0 spiro atoms. The second kappa shape index (κ2) is 5.04. The van der Waals surface area contributed by atoms with E-state index in [9.17, 15) is 5.11 Å². The summed E-state index contributed by atoms with van der Waals surface area (Å²) < 4.78 is 0. The fraction of sp³-hybridized carbons (Fsp3) is 0.769. The number of nitrogens with zero attached hydrogens (tertiary/aromatic N) is 2. The molecular formula is C13H22N2OS. The first-order chi connectivity index (χ1) is 7.95. The minimum atomic E-state index is -0.0901. The van der Waals surface area contributed by atoms with Crippen LogP contribution in [0.3, 0.4) is 0 Å². The van der Waals surface area contributed by atoms with E-state index in [4.69, 9.17) is 4.98 Å². The van der Waals surface area contributed by atoms with Crippen LogP contribution in [-0.4, -0.2) is 34.2 Å². The molecular weight excluding hydrogens is 232 g/mol. The third kappa shape index (κ3) is 3.50. The summed E-state index contributed by atoms with van der Waals surface area (Å²) >= 11 is 1.76. The molecule has 0 amide bonds. The summed E-state index contributed by atoms with van der Waals surface area (Å²) in [6, 6.07) is 0. The fourth-order valence-corrected chi connectivity index (χ4v) is 3.06. The Kier molecular flexibility index (Phi) is 3.85. The summed E-state index contributed by atoms with van der Waals surface area (Å²) in [5.41, 5.74) is 1.34. The van der Waals surface area contributed by atoms with Crippen molar-refractivity contribution < 1.29 is 5.11 Å². The van der Waals surface area contributed by atoms with Gasteiger partial charge in [-0.2, -0.15) is 0 Å². The lowest BCUT2D eigenvalue weighted by atomic mass is 9.93. The molecule has 0 atom stereocenters. The molecule has 1 fully saturated rings. The molecule has 1 aliphatic rings. The van der Waals surface area contributed by atoms with Crippen molar-refractivity contribution in [2.24, 2.45) is 0 Å². The standard InChI is InChI=1S/C13H22N2OS/c1-13(2,3)11-9-17-12(14-11)8-15-6-4-10(16)5-7-15/h9-10,16H,4-8H2,1-3H3. The lowest BCUT2D eigenvalue weighted by Crippen LogP contribution is -2.35. The van der Waals surface area contributed by atoms with E-state index in [-0.39, 0.29) is 11.5 Å². The summed E-state index contributed by atoms with van der Waals surface area (Å²) in [6.07, 6.45) is 1.71. The van der Waals surface area contributed by atoms with Crippen LogP contribution in [0.25, 0.3) is 0 Å². The van der Waals surface area contributed by atoms with Gasteiger partial charge in [0.15, 0.2) is 0 Å². The molecule has 2 rings (SSSR count). The number of hydrogen-bond acceptors (Lipinski definition) is 4. The molecule has 2 heterocycles. The van der Waals surface area contributed by atoms with Crippen molar-refractivity contribution >= 4 is 11.3 Å². The number of thiazole rings is 1. The lowest BCUT2D eigenvalue weighted by molar-refractivity contribution is 0.0792. The van der Waals surface area contributed by atoms with E-state index in [1.54, 1.807) is 11.3 Å². The summed E-state index contributed by atoms with van der Waals surface area (Å²) in [5, 5.41) is 12.8. The highest BCUT2D eigenvalue weighted by Gasteiger charge is 2.20. The molecule has 3 nitrogen and oxygen atoms in total. The van der Waals surface area contributed by atoms with Crippen molar-refractivity contribution in [1.82, 2.24) is 9.88 Å². The minimum absolute atomic E-state index is 0.0901. The largest absolute Gasteiger partial charge is 0.393 e. The van der Waals surface area contributed by atoms with Crippen molar-refractivity contribution in [1.29, 1.82) is 0 Å². The van der Waals surface area contributed by atoms with Crippen molar-refractivity contribution in [3.63, 3.8) is 0 Å². The molecule has 0 radical (unpaired) electrons. The Morgan fingerprint density at radius 1 is 1.41 bits per heavy atom. The van der Waals surface area contributed by atoms with Crippen LogP contribution in [-0.2, 0) is 12.0 Å². The van der Waals surface area contributed by atoms with Gasteiger partial charge in [-0.25, -0.2) is 4.98 Å². The molecule has 1 N–H and O–H groups in total. The van der Waals surface area contributed by atoms with E-state index in [0.29, 0.717) is 0 Å². The average Bonchev–Trinajstić information content (AvgIpc) is 2.69. The molecule has 1 saturated heterocycles. The lowest BCUT2D eigenvalue weighted by Gasteiger charge is -2.28. The molecule has 96 valence electrons. The average molecular weight is 254 g/mol. The van der Waals surface area contributed by atoms with Gasteiger partial charge >= 0.3 is 0 Å². The maximum atomic E-state index is 9.46. The molecule has 0 aliphatic carbocycles. The van der Waals surface area contributed by atoms with Gasteiger partial charge in [-0.05, 0) is 12.8 Å². The highest BCUT2D eigenvalue weighted by molar-refractivity contribution is 7.09. The van der Waals surface area contributed by atoms with Crippen molar-refractivity contribution in [3.05, 3.63) is 16.1 Å². The number of hydrogen-bond donors (Lipinski definition) is 1. The first-order valence-electron chi connectivity index (χ1n) is 6.30. The fourth-order valence-electron chi connectivity index (χ4n) is 2.00. The molecule has 0 aromatic carbocycles. The predicted octanol–water partition coefficient (Wildman–Crippen LogP) is 2.40. The van der Waals surface area contributed by atoms with Crippen LogP contribution in [0, 0.1) is 0 Å². The SMILES string of the molecule is CC(C)(C)c1csc(CN2CCC(O)CC2)n1. The van der Waals surface area contributed by atoms with Crippen LogP contribution in [0.2, 0.25) is 0 Å². The Labute approximate surface area is 107 Å². The number of rotatable bonds is 2. The number of aromatic nitrogens is 1. The Hall–Kier alpha value is -0.450. The van der Waals surface area contributed by atoms with Gasteiger partial charge in [0, 0.05) is 23.9 Å². The van der Waals surface area contributed by atoms with Crippen LogP contribution in [0.1, 0.15) is 44.3 Å². The Bertz CT molecular complexity index is 362. The minimum Gasteiger partial charge on any atom is -0.393 e. The van der Waals surface area contributed by atoms with Gasteiger partial charge in [0.05, 0.1) is 18.3 Å². The van der Waals surface area contributed by atoms with Crippen molar-refractivity contribution in [3.8, 4) is 0 Å². The van der Waals surface area contributed by atoms with E-state index >= 15 is 0 Å². The van der Waals surface area contributed by atoms with Crippen LogP contribution in [0.4, 0.5) is 0 Å². The summed E-state index contributed by atoms with van der Waals surface area (Å²) in [7, 11) is 0. The van der Waals surface area contributed by atoms with Gasteiger partial charge in [0.2, 0.25) is 0 Å². The zero-order chi connectivity index (χ0) is 12.5. The normalized spacial score (nSPS) is 19.8. The third-order valence-electron chi connectivity index (χ3n) is 3.24. The summed E-state index contributed by atoms with van der Waals surface area (Å²) in [4.78, 5) is 7.10. The van der Waals surface area contributed by atoms with Gasteiger partial charge in [-0.15, -0.1) is 11.3 Å². The van der Waals surface area contributed by atoms with Gasteiger partial charge in [-0.1, -0.05) is 20.8 Å². The van der Waals surface area contributed by atoms with Gasteiger partial charge in [0.25, 0.3) is 0 Å². The molecule has 0 saturated carbocycles. The number of aliphatic hydroxyl groups excluding tert-OH is 1. The van der Waals surface area contributed by atoms with E-state index in [2.05, 4.69) is 31.1 Å². The second-order valence-electron chi connectivity index (χ2n) is 5.88. The molecule has 1 aromatic heterocycles. The first kappa shape index (κ1) is 13.0. The summed E-state index contributed by atoms with van der Waals surface area (Å²) in [6.45, 7) is 9.51. The molecule has 1 aliphatic heterocycles. The molecule has 0 bridgehead atoms. The molecule has 17 heavy (non-hydrogen) atoms. The van der Waals surface area contributed by atoms with Crippen LogP contribution >= 0.6 is 11.3 Å². The van der Waals surface area contributed by atoms with E-state index in [1.807, 2.05) is 0 Å². The molecule has 4 heteroatoms. The van der Waals surface area contributed by atoms with Gasteiger partial charge in [-0.3, -0.25) is 4.90 Å². The maximum Gasteiger partial charge on any atom is 0.107 e. The Morgan fingerprint density at radius 2 is 2.06 bits per heavy atom. The predicted molar refractivity (Wildman–Crippen MR) is 71.3 cm³/mol. The highest BCUT2D eigenvalue weighted by atomic mass is 32.1. The Morgan fingerprint density at radius 3 is 2.59 bits per heavy atom. The van der Waals surface area contributed by atoms with Gasteiger partial charge in [0.1, 0.15) is 5.01 Å². The topological polar surface area (TPSA) is 36.4 Å². The second-order valence-corrected chi connectivity index (χ2v) is 6.83. The number of likely N-dealkylation sites (tertiary alicyclic amines) is 1. The van der Waals surface area contributed by atoms with E-state index < -0.39 is 0 Å². The zero-order valence-electron chi connectivity index (χ0n) is 10.9. The van der Waals surface area contributed by atoms with Crippen LogP contribution in [0.15, 0.2) is 5.38 Å². The van der Waals surface area contributed by atoms with Crippen LogP contribution < -0.4 is 0 Å². The molecule has 1 aromatic rings. The van der Waals surface area contributed by atoms with E-state index in [1.165, 1.54) is 10.7 Å². The smallest absolute Gasteiger partial charge is 0.107 e. The number of aliphatic hydroxyl groups is 1. The highest BCUT2D eigenvalue weighted by Crippen LogP contribution is 2.25. The number of piperidine rings is 1. The third-order valence-corrected chi connectivity index (χ3v) is 4.07. The molecule has 0 unspecified atom stereocenters. The van der Waals surface area contributed by atoms with Crippen LogP contribution in [0.5, 0.6) is 0 Å². The maximum absolute atomic E-state index is 9.46. The van der Waals surface area contributed by atoms with Crippen molar-refractivity contribution in [2.45, 2.75) is 51.7 Å². The summed E-state index contributed by atoms with van der Waals surface area (Å²) in [5.74, 6) is 0. The Balaban J connectivity index is 1.93. The van der Waals surface area contributed by atoms with Crippen molar-refractivity contribution in [2.75, 3.05) is 13.1 Å². The monoisotopic (exact) mass is 254 g/mol.